The van der Waals surface area contributed by atoms with E-state index in [0.717, 1.165) is 30.3 Å². The van der Waals surface area contributed by atoms with Crippen LogP contribution >= 0.6 is 0 Å². The molecule has 3 nitrogen and oxygen atoms in total. The smallest absolute Gasteiger partial charge is 0.224 e. The fourth-order valence-corrected chi connectivity index (χ4v) is 4.12. The van der Waals surface area contributed by atoms with Crippen molar-refractivity contribution in [3.05, 3.63) is 12.2 Å². The van der Waals surface area contributed by atoms with Crippen LogP contribution in [0.3, 0.4) is 0 Å². The Labute approximate surface area is 183 Å². The lowest BCUT2D eigenvalue weighted by Gasteiger charge is -2.37. The molecule has 0 saturated heterocycles. The van der Waals surface area contributed by atoms with E-state index < -0.39 is 0 Å². The first kappa shape index (κ1) is 28.2. The van der Waals surface area contributed by atoms with Gasteiger partial charge in [0.05, 0.1) is 20.6 Å². The molecular weight excluding hydrogens is 356 g/mol. The SMILES string of the molecule is CCCCCCCC/C=C\CCCCCCCC(=O)NC(CC)[N+](C)(C)CCC. The van der Waals surface area contributed by atoms with Gasteiger partial charge in [0.25, 0.3) is 0 Å². The number of hydrogen-bond donors (Lipinski definition) is 1. The molecule has 0 spiro atoms. The molecule has 0 bridgehead atoms. The molecule has 0 aliphatic rings. The molecule has 29 heavy (non-hydrogen) atoms. The van der Waals surface area contributed by atoms with Crippen molar-refractivity contribution in [3.63, 3.8) is 0 Å². The van der Waals surface area contributed by atoms with Gasteiger partial charge < -0.3 is 9.80 Å². The van der Waals surface area contributed by atoms with Gasteiger partial charge in [-0.25, -0.2) is 0 Å². The van der Waals surface area contributed by atoms with Crippen LogP contribution in [0.4, 0.5) is 0 Å². The Kier molecular flexibility index (Phi) is 18.6. The van der Waals surface area contributed by atoms with Gasteiger partial charge in [0.15, 0.2) is 6.17 Å². The van der Waals surface area contributed by atoms with Crippen LogP contribution in [0.15, 0.2) is 12.2 Å². The molecule has 0 aliphatic heterocycles. The first-order valence-electron chi connectivity index (χ1n) is 12.7. The highest BCUT2D eigenvalue weighted by atomic mass is 16.1. The first-order chi connectivity index (χ1) is 14.0. The summed E-state index contributed by atoms with van der Waals surface area (Å²) in [7, 11) is 4.44. The number of hydrogen-bond acceptors (Lipinski definition) is 1. The Balaban J connectivity index is 3.58. The molecule has 1 N–H and O–H groups in total. The number of allylic oxidation sites excluding steroid dienone is 2. The summed E-state index contributed by atoms with van der Waals surface area (Å²) in [6.45, 7) is 7.76. The number of rotatable bonds is 20. The Morgan fingerprint density at radius 1 is 0.759 bits per heavy atom. The molecule has 0 aromatic carbocycles. The van der Waals surface area contributed by atoms with E-state index in [0.29, 0.717) is 6.42 Å². The average molecular weight is 410 g/mol. The van der Waals surface area contributed by atoms with E-state index in [-0.39, 0.29) is 12.1 Å². The van der Waals surface area contributed by atoms with Crippen LogP contribution in [-0.2, 0) is 4.79 Å². The zero-order valence-electron chi connectivity index (χ0n) is 20.6. The summed E-state index contributed by atoms with van der Waals surface area (Å²) in [5.41, 5.74) is 0. The van der Waals surface area contributed by atoms with E-state index in [4.69, 9.17) is 0 Å². The summed E-state index contributed by atoms with van der Waals surface area (Å²) >= 11 is 0. The molecule has 1 unspecified atom stereocenters. The molecular formula is C26H53N2O+. The van der Waals surface area contributed by atoms with Crippen LogP contribution < -0.4 is 5.32 Å². The Morgan fingerprint density at radius 3 is 1.79 bits per heavy atom. The minimum absolute atomic E-state index is 0.233. The highest BCUT2D eigenvalue weighted by Gasteiger charge is 2.26. The molecule has 0 saturated carbocycles. The van der Waals surface area contributed by atoms with E-state index in [1.165, 1.54) is 77.0 Å². The van der Waals surface area contributed by atoms with Crippen molar-refractivity contribution in [2.24, 2.45) is 0 Å². The molecule has 0 aromatic heterocycles. The zero-order valence-corrected chi connectivity index (χ0v) is 20.6. The van der Waals surface area contributed by atoms with E-state index in [1.807, 2.05) is 0 Å². The van der Waals surface area contributed by atoms with Crippen molar-refractivity contribution in [2.75, 3.05) is 20.6 Å². The number of amides is 1. The number of nitrogens with one attached hydrogen (secondary N) is 1. The van der Waals surface area contributed by atoms with E-state index in [1.54, 1.807) is 0 Å². The van der Waals surface area contributed by atoms with Gasteiger partial charge in [-0.1, -0.05) is 84.3 Å². The zero-order chi connectivity index (χ0) is 21.8. The van der Waals surface area contributed by atoms with Crippen molar-refractivity contribution < 1.29 is 9.28 Å². The second-order valence-electron chi connectivity index (χ2n) is 9.33. The lowest BCUT2D eigenvalue weighted by atomic mass is 10.1. The van der Waals surface area contributed by atoms with Crippen molar-refractivity contribution in [2.45, 2.75) is 130 Å². The average Bonchev–Trinajstić information content (AvgIpc) is 2.68. The normalized spacial score (nSPS) is 13.1. The highest BCUT2D eigenvalue weighted by molar-refractivity contribution is 5.75. The van der Waals surface area contributed by atoms with Gasteiger partial charge in [-0.15, -0.1) is 0 Å². The Hall–Kier alpha value is -0.830. The topological polar surface area (TPSA) is 29.1 Å². The summed E-state index contributed by atoms with van der Waals surface area (Å²) < 4.78 is 0.880. The third-order valence-corrected chi connectivity index (χ3v) is 6.02. The number of carbonyl (C=O) groups is 1. The van der Waals surface area contributed by atoms with Crippen LogP contribution in [0.1, 0.15) is 124 Å². The minimum atomic E-state index is 0.233. The molecule has 3 heteroatoms. The predicted octanol–water partition coefficient (Wildman–Crippen LogP) is 7.36. The van der Waals surface area contributed by atoms with Gasteiger partial charge in [-0.2, -0.15) is 0 Å². The molecule has 0 heterocycles. The van der Waals surface area contributed by atoms with Gasteiger partial charge in [0.1, 0.15) is 0 Å². The van der Waals surface area contributed by atoms with Crippen LogP contribution in [0.25, 0.3) is 0 Å². The molecule has 1 amide bonds. The van der Waals surface area contributed by atoms with Crippen molar-refractivity contribution in [3.8, 4) is 0 Å². The van der Waals surface area contributed by atoms with Crippen LogP contribution in [0, 0.1) is 0 Å². The lowest BCUT2D eigenvalue weighted by Crippen LogP contribution is -2.57. The van der Waals surface area contributed by atoms with Crippen molar-refractivity contribution in [1.29, 1.82) is 0 Å². The number of quaternary nitrogens is 1. The molecule has 0 radical (unpaired) electrons. The molecule has 172 valence electrons. The summed E-state index contributed by atoms with van der Waals surface area (Å²) in [5.74, 6) is 0.233. The van der Waals surface area contributed by atoms with Gasteiger partial charge in [-0.05, 0) is 38.5 Å². The van der Waals surface area contributed by atoms with Crippen LogP contribution in [-0.4, -0.2) is 37.2 Å². The molecule has 0 aliphatic carbocycles. The van der Waals surface area contributed by atoms with E-state index in [2.05, 4.69) is 52.3 Å². The second kappa shape index (κ2) is 19.2. The fraction of sp³-hybridized carbons (Fsp3) is 0.885. The summed E-state index contributed by atoms with van der Waals surface area (Å²) in [6.07, 6.45) is 24.7. The lowest BCUT2D eigenvalue weighted by molar-refractivity contribution is -0.917. The molecule has 0 aromatic rings. The number of carbonyl (C=O) groups excluding carboxylic acids is 1. The van der Waals surface area contributed by atoms with Crippen molar-refractivity contribution in [1.82, 2.24) is 5.32 Å². The quantitative estimate of drug-likeness (QED) is 0.0967. The fourth-order valence-electron chi connectivity index (χ4n) is 4.12. The largest absolute Gasteiger partial charge is 0.309 e. The monoisotopic (exact) mass is 409 g/mol. The first-order valence-corrected chi connectivity index (χ1v) is 12.7. The second-order valence-corrected chi connectivity index (χ2v) is 9.33. The van der Waals surface area contributed by atoms with E-state index >= 15 is 0 Å². The van der Waals surface area contributed by atoms with E-state index in [9.17, 15) is 4.79 Å². The number of nitrogens with zero attached hydrogens (tertiary/aromatic N) is 1. The predicted molar refractivity (Wildman–Crippen MR) is 129 cm³/mol. The summed E-state index contributed by atoms with van der Waals surface area (Å²) in [5, 5.41) is 3.27. The van der Waals surface area contributed by atoms with Gasteiger partial charge >= 0.3 is 0 Å². The maximum Gasteiger partial charge on any atom is 0.224 e. The highest BCUT2D eigenvalue weighted by Crippen LogP contribution is 2.12. The minimum Gasteiger partial charge on any atom is -0.309 e. The third kappa shape index (κ3) is 16.6. The van der Waals surface area contributed by atoms with Crippen LogP contribution in [0.2, 0.25) is 0 Å². The Morgan fingerprint density at radius 2 is 1.28 bits per heavy atom. The number of unbranched alkanes of at least 4 members (excludes halogenated alkanes) is 11. The van der Waals surface area contributed by atoms with Gasteiger partial charge in [0, 0.05) is 12.8 Å². The standard InChI is InChI=1S/C26H52N2O/c1-6-9-10-11-12-13-14-15-16-17-18-19-20-21-22-23-26(29)27-25(8-3)28(4,5)24-7-2/h15-16,25H,6-14,17-24H2,1-5H3/p+1/b16-15-. The Bertz CT molecular complexity index is 404. The van der Waals surface area contributed by atoms with Crippen molar-refractivity contribution >= 4 is 5.91 Å². The maximum atomic E-state index is 12.3. The van der Waals surface area contributed by atoms with Gasteiger partial charge in [0.2, 0.25) is 5.91 Å². The maximum absolute atomic E-state index is 12.3. The van der Waals surface area contributed by atoms with Crippen LogP contribution in [0.5, 0.6) is 0 Å². The third-order valence-electron chi connectivity index (χ3n) is 6.02. The van der Waals surface area contributed by atoms with Gasteiger partial charge in [-0.3, -0.25) is 4.79 Å². The summed E-state index contributed by atoms with van der Waals surface area (Å²) in [6, 6.07) is 0. The molecule has 0 fully saturated rings. The molecule has 1 atom stereocenters. The molecule has 0 rings (SSSR count). The summed E-state index contributed by atoms with van der Waals surface area (Å²) in [4.78, 5) is 12.3.